The number of benzene rings is 3. The van der Waals surface area contributed by atoms with E-state index in [0.29, 0.717) is 6.07 Å². The lowest BCUT2D eigenvalue weighted by atomic mass is 9.92. The maximum absolute atomic E-state index is 15.9. The molecule has 3 aromatic carbocycles. The zero-order chi connectivity index (χ0) is 37.4. The van der Waals surface area contributed by atoms with Crippen LogP contribution in [0.1, 0.15) is 42.2 Å². The monoisotopic (exact) mass is 787 g/mol. The minimum atomic E-state index is -6.79. The number of pyridine rings is 1. The van der Waals surface area contributed by atoms with E-state index >= 15 is 4.39 Å². The highest BCUT2D eigenvalue weighted by Gasteiger charge is 2.73. The van der Waals surface area contributed by atoms with Gasteiger partial charge in [-0.2, -0.15) is 39.5 Å². The Labute approximate surface area is 279 Å². The molecular weight excluding hydrogens is 774 g/mol. The number of halogens is 13. The lowest BCUT2D eigenvalue weighted by molar-refractivity contribution is -0.348. The van der Waals surface area contributed by atoms with E-state index in [1.807, 2.05) is 0 Å². The molecule has 0 saturated carbocycles. The molecule has 50 heavy (non-hydrogen) atoms. The summed E-state index contributed by atoms with van der Waals surface area (Å²) in [7, 11) is 0. The normalized spacial score (nSPS) is 12.3. The molecule has 0 spiro atoms. The number of aromatic nitrogens is 1. The Balaban J connectivity index is 1.80. The van der Waals surface area contributed by atoms with Crippen molar-refractivity contribution < 1.29 is 71.9 Å². The Hall–Kier alpha value is -5.14. The van der Waals surface area contributed by atoms with Gasteiger partial charge in [-0.25, -0.2) is 18.0 Å². The molecule has 0 aliphatic carbocycles. The van der Waals surface area contributed by atoms with E-state index < -0.39 is 97.8 Å². The van der Waals surface area contributed by atoms with Crippen LogP contribution in [0.3, 0.4) is 0 Å². The molecule has 264 valence electrons. The van der Waals surface area contributed by atoms with E-state index in [1.54, 1.807) is 0 Å². The van der Waals surface area contributed by atoms with Crippen LogP contribution >= 0.6 is 15.9 Å². The zero-order valence-corrected chi connectivity index (χ0v) is 25.5. The lowest BCUT2D eigenvalue weighted by Gasteiger charge is -2.31. The summed E-state index contributed by atoms with van der Waals surface area (Å²) < 4.78 is 164. The van der Waals surface area contributed by atoms with Crippen LogP contribution in [0.4, 0.5) is 64.1 Å². The molecule has 0 bridgehead atoms. The molecule has 0 saturated heterocycles. The van der Waals surface area contributed by atoms with Gasteiger partial charge in [0.05, 0.1) is 22.4 Å². The molecule has 4 aromatic rings. The minimum absolute atomic E-state index is 0.0235. The number of hydrogen-bond donors (Lipinski definition) is 1. The van der Waals surface area contributed by atoms with Gasteiger partial charge in [0.2, 0.25) is 0 Å². The second-order valence-corrected chi connectivity index (χ2v) is 10.7. The van der Waals surface area contributed by atoms with Gasteiger partial charge in [0.1, 0.15) is 11.5 Å². The first kappa shape index (κ1) is 37.7. The third-order valence-corrected chi connectivity index (χ3v) is 7.23. The number of hydroxylamine groups is 1. The number of carbonyl (C=O) groups is 3. The van der Waals surface area contributed by atoms with Gasteiger partial charge >= 0.3 is 30.2 Å². The molecule has 0 aliphatic rings. The second-order valence-electron chi connectivity index (χ2n) is 9.85. The predicted octanol–water partition coefficient (Wildman–Crippen LogP) is 9.10. The molecule has 0 aliphatic heterocycles. The van der Waals surface area contributed by atoms with Crippen molar-refractivity contribution in [3.05, 3.63) is 123 Å². The van der Waals surface area contributed by atoms with Gasteiger partial charge in [-0.05, 0) is 76.6 Å². The van der Waals surface area contributed by atoms with Crippen LogP contribution < -0.4 is 10.4 Å². The molecular formula is C30H14BrF12N3O4. The summed E-state index contributed by atoms with van der Waals surface area (Å²) in [5.74, 6) is -7.03. The van der Waals surface area contributed by atoms with Crippen molar-refractivity contribution in [2.75, 3.05) is 10.4 Å². The fourth-order valence-electron chi connectivity index (χ4n) is 4.21. The predicted molar refractivity (Wildman–Crippen MR) is 151 cm³/mol. The average molecular weight is 788 g/mol. The summed E-state index contributed by atoms with van der Waals surface area (Å²) in [4.78, 5) is 48.0. The second kappa shape index (κ2) is 13.6. The number of carbonyl (C=O) groups excluding carboxylic acids is 3. The van der Waals surface area contributed by atoms with Crippen LogP contribution in [-0.2, 0) is 16.7 Å². The fraction of sp³-hybridized carbons (Fsp3) is 0.133. The summed E-state index contributed by atoms with van der Waals surface area (Å²) in [6.07, 6.45) is -17.2. The van der Waals surface area contributed by atoms with Gasteiger partial charge < -0.3 is 10.2 Å². The Morgan fingerprint density at radius 3 is 1.94 bits per heavy atom. The van der Waals surface area contributed by atoms with Gasteiger partial charge in [-0.3, -0.25) is 14.6 Å². The lowest BCUT2D eigenvalue weighted by Crippen LogP contribution is -2.50. The van der Waals surface area contributed by atoms with Crippen LogP contribution in [0, 0.1) is 11.6 Å². The Morgan fingerprint density at radius 2 is 1.40 bits per heavy atom. The summed E-state index contributed by atoms with van der Waals surface area (Å²) in [6.45, 7) is 0. The molecule has 2 amide bonds. The summed E-state index contributed by atoms with van der Waals surface area (Å²) in [5, 5.41) is 1.53. The molecule has 1 N–H and O–H groups in total. The summed E-state index contributed by atoms with van der Waals surface area (Å²) in [6, 6.07) is 7.01. The molecule has 0 radical (unpaired) electrons. The van der Waals surface area contributed by atoms with Crippen molar-refractivity contribution in [1.82, 2.24) is 4.98 Å². The van der Waals surface area contributed by atoms with Crippen LogP contribution in [-0.4, -0.2) is 35.1 Å². The third kappa shape index (κ3) is 7.38. The van der Waals surface area contributed by atoms with E-state index in [0.717, 1.165) is 42.6 Å². The van der Waals surface area contributed by atoms with Gasteiger partial charge in [0, 0.05) is 28.0 Å². The van der Waals surface area contributed by atoms with Gasteiger partial charge in [0.15, 0.2) is 5.82 Å². The first-order chi connectivity index (χ1) is 23.1. The van der Waals surface area contributed by atoms with Gasteiger partial charge in [0.25, 0.3) is 11.8 Å². The Bertz CT molecular complexity index is 1920. The van der Waals surface area contributed by atoms with Gasteiger partial charge in [-0.15, -0.1) is 5.06 Å². The molecule has 1 heterocycles. The number of nitrogens with one attached hydrogen (secondary N) is 1. The van der Waals surface area contributed by atoms with E-state index in [1.165, 1.54) is 23.6 Å². The largest absolute Gasteiger partial charge is 0.435 e. The van der Waals surface area contributed by atoms with E-state index in [-0.39, 0.29) is 16.7 Å². The van der Waals surface area contributed by atoms with Crippen molar-refractivity contribution >= 4 is 45.1 Å². The number of hydrogen-bond acceptors (Lipinski definition) is 5. The van der Waals surface area contributed by atoms with E-state index in [4.69, 9.17) is 4.84 Å². The SMILES string of the molecule is O=C(ON(C(=O)c1ccc(F)cc1)c1cccc(C(=O)Nc2c(Br)cc(C(F)(C(F)(F)F)C(F)(F)F)cc2C(F)(F)F)c1F)c1cccnc1. The van der Waals surface area contributed by atoms with Crippen molar-refractivity contribution in [1.29, 1.82) is 0 Å². The molecule has 0 atom stereocenters. The van der Waals surface area contributed by atoms with Crippen LogP contribution in [0.15, 0.2) is 83.6 Å². The molecule has 1 aromatic heterocycles. The smallest absolute Gasteiger partial charge is 0.327 e. The van der Waals surface area contributed by atoms with Crippen molar-refractivity contribution in [2.24, 2.45) is 0 Å². The van der Waals surface area contributed by atoms with Crippen LogP contribution in [0.2, 0.25) is 0 Å². The average Bonchev–Trinajstić information content (AvgIpc) is 3.03. The first-order valence-corrected chi connectivity index (χ1v) is 13.9. The van der Waals surface area contributed by atoms with Crippen molar-refractivity contribution in [3.63, 3.8) is 0 Å². The van der Waals surface area contributed by atoms with E-state index in [2.05, 4.69) is 20.9 Å². The highest BCUT2D eigenvalue weighted by Crippen LogP contribution is 2.55. The number of rotatable bonds is 6. The van der Waals surface area contributed by atoms with Crippen molar-refractivity contribution in [2.45, 2.75) is 24.2 Å². The fourth-order valence-corrected chi connectivity index (χ4v) is 4.77. The molecule has 20 heteroatoms. The summed E-state index contributed by atoms with van der Waals surface area (Å²) in [5.41, 5.74) is -15.7. The first-order valence-electron chi connectivity index (χ1n) is 13.1. The highest BCUT2D eigenvalue weighted by molar-refractivity contribution is 9.10. The molecule has 4 rings (SSSR count). The standard InChI is InChI=1S/C30H14BrF12N3O4/c31-20-12-16(27(34,29(38,39)40)30(41,42)43)11-19(28(35,36)37)23(20)45-24(47)18-4-1-5-21(22(18)33)46(25(48)14-6-8-17(32)9-7-14)50-26(49)15-3-2-10-44-13-15/h1-13H,(H,45,47). The maximum Gasteiger partial charge on any atom is 0.435 e. The molecule has 0 unspecified atom stereocenters. The topological polar surface area (TPSA) is 88.6 Å². The van der Waals surface area contributed by atoms with E-state index in [9.17, 15) is 62.7 Å². The Morgan fingerprint density at radius 1 is 0.780 bits per heavy atom. The quantitative estimate of drug-likeness (QED) is 0.156. The maximum atomic E-state index is 15.9. The highest BCUT2D eigenvalue weighted by atomic mass is 79.9. The number of nitrogens with zero attached hydrogens (tertiary/aromatic N) is 2. The van der Waals surface area contributed by atoms with Crippen molar-refractivity contribution in [3.8, 4) is 0 Å². The van der Waals surface area contributed by atoms with Crippen LogP contribution in [0.5, 0.6) is 0 Å². The number of anilines is 2. The zero-order valence-electron chi connectivity index (χ0n) is 23.9. The number of alkyl halides is 10. The summed E-state index contributed by atoms with van der Waals surface area (Å²) >= 11 is 2.32. The number of amides is 2. The third-order valence-electron chi connectivity index (χ3n) is 6.60. The van der Waals surface area contributed by atoms with Gasteiger partial charge in [-0.1, -0.05) is 6.07 Å². The molecule has 0 fully saturated rings. The van der Waals surface area contributed by atoms with Crippen LogP contribution in [0.25, 0.3) is 0 Å². The Kier molecular flexibility index (Phi) is 10.3. The minimum Gasteiger partial charge on any atom is -0.327 e. The molecule has 7 nitrogen and oxygen atoms in total.